The third-order valence-electron chi connectivity index (χ3n) is 3.01. The first-order valence-corrected chi connectivity index (χ1v) is 5.64. The van der Waals surface area contributed by atoms with Gasteiger partial charge in [0.1, 0.15) is 0 Å². The molecule has 0 aromatic carbocycles. The Bertz CT molecular complexity index is 267. The predicted octanol–water partition coefficient (Wildman–Crippen LogP) is 0.638. The minimum atomic E-state index is -0.827. The Hall–Kier alpha value is -1.10. The van der Waals surface area contributed by atoms with Gasteiger partial charge in [-0.2, -0.15) is 0 Å². The summed E-state index contributed by atoms with van der Waals surface area (Å²) < 4.78 is 5.30. The Labute approximate surface area is 95.2 Å². The van der Waals surface area contributed by atoms with Gasteiger partial charge >= 0.3 is 5.97 Å². The highest BCUT2D eigenvalue weighted by atomic mass is 16.5. The van der Waals surface area contributed by atoms with Gasteiger partial charge < -0.3 is 15.2 Å². The van der Waals surface area contributed by atoms with Crippen LogP contribution in [-0.2, 0) is 14.3 Å². The lowest BCUT2D eigenvalue weighted by Crippen LogP contribution is -2.35. The molecule has 16 heavy (non-hydrogen) atoms. The number of aliphatic carboxylic acids is 1. The van der Waals surface area contributed by atoms with E-state index in [1.165, 1.54) is 0 Å². The van der Waals surface area contributed by atoms with Crippen LogP contribution in [0, 0.1) is 11.8 Å². The summed E-state index contributed by atoms with van der Waals surface area (Å²) in [6.45, 7) is 4.56. The quantitative estimate of drug-likeness (QED) is 0.725. The second-order valence-corrected chi connectivity index (χ2v) is 4.29. The van der Waals surface area contributed by atoms with Gasteiger partial charge in [0.15, 0.2) is 0 Å². The number of rotatable bonds is 5. The van der Waals surface area contributed by atoms with Gasteiger partial charge in [0.2, 0.25) is 5.91 Å². The number of hydrogen-bond acceptors (Lipinski definition) is 3. The molecular formula is C11H19NO4. The maximum absolute atomic E-state index is 11.7. The Kier molecular flexibility index (Phi) is 4.73. The number of carbonyl (C=O) groups is 2. The minimum absolute atomic E-state index is 0.0254. The van der Waals surface area contributed by atoms with Crippen LogP contribution >= 0.6 is 0 Å². The van der Waals surface area contributed by atoms with Crippen LogP contribution in [0.25, 0.3) is 0 Å². The van der Waals surface area contributed by atoms with Crippen LogP contribution in [0.2, 0.25) is 0 Å². The van der Waals surface area contributed by atoms with Crippen LogP contribution in [0.5, 0.6) is 0 Å². The van der Waals surface area contributed by atoms with Crippen molar-refractivity contribution in [1.29, 1.82) is 0 Å². The normalized spacial score (nSPS) is 26.4. The van der Waals surface area contributed by atoms with Crippen molar-refractivity contribution >= 4 is 11.9 Å². The number of amides is 1. The SMILES string of the molecule is CC(CCNC(=O)C1CCOC1C)C(=O)O. The first-order chi connectivity index (χ1) is 7.52. The topological polar surface area (TPSA) is 75.6 Å². The third-order valence-corrected chi connectivity index (χ3v) is 3.01. The summed E-state index contributed by atoms with van der Waals surface area (Å²) in [6.07, 6.45) is 1.18. The van der Waals surface area contributed by atoms with E-state index in [1.54, 1.807) is 6.92 Å². The smallest absolute Gasteiger partial charge is 0.306 e. The molecule has 5 heteroatoms. The summed E-state index contributed by atoms with van der Waals surface area (Å²) in [7, 11) is 0. The van der Waals surface area contributed by atoms with E-state index >= 15 is 0 Å². The molecule has 0 spiro atoms. The van der Waals surface area contributed by atoms with Crippen molar-refractivity contribution in [3.05, 3.63) is 0 Å². The molecule has 1 fully saturated rings. The van der Waals surface area contributed by atoms with Crippen LogP contribution in [0.4, 0.5) is 0 Å². The molecular weight excluding hydrogens is 210 g/mol. The van der Waals surface area contributed by atoms with Crippen molar-refractivity contribution in [1.82, 2.24) is 5.32 Å². The number of hydrogen-bond donors (Lipinski definition) is 2. The fraction of sp³-hybridized carbons (Fsp3) is 0.818. The molecule has 3 atom stereocenters. The number of ether oxygens (including phenoxy) is 1. The molecule has 0 radical (unpaired) electrons. The van der Waals surface area contributed by atoms with E-state index in [-0.39, 0.29) is 17.9 Å². The number of nitrogens with one attached hydrogen (secondary N) is 1. The summed E-state index contributed by atoms with van der Waals surface area (Å²) >= 11 is 0. The van der Waals surface area contributed by atoms with Gasteiger partial charge in [-0.1, -0.05) is 6.92 Å². The van der Waals surface area contributed by atoms with Gasteiger partial charge in [0.05, 0.1) is 17.9 Å². The molecule has 0 aromatic rings. The minimum Gasteiger partial charge on any atom is -0.481 e. The van der Waals surface area contributed by atoms with Gasteiger partial charge in [0.25, 0.3) is 0 Å². The Morgan fingerprint density at radius 3 is 2.75 bits per heavy atom. The zero-order chi connectivity index (χ0) is 12.1. The van der Waals surface area contributed by atoms with Gasteiger partial charge in [-0.25, -0.2) is 0 Å². The molecule has 5 nitrogen and oxygen atoms in total. The molecule has 3 unspecified atom stereocenters. The van der Waals surface area contributed by atoms with Crippen molar-refractivity contribution in [2.24, 2.45) is 11.8 Å². The van der Waals surface area contributed by atoms with E-state index in [1.807, 2.05) is 6.92 Å². The summed E-state index contributed by atoms with van der Waals surface area (Å²) in [5.74, 6) is -1.35. The molecule has 0 saturated carbocycles. The summed E-state index contributed by atoms with van der Waals surface area (Å²) in [4.78, 5) is 22.2. The first-order valence-electron chi connectivity index (χ1n) is 5.64. The molecule has 1 amide bonds. The number of carbonyl (C=O) groups excluding carboxylic acids is 1. The van der Waals surface area contributed by atoms with Crippen LogP contribution in [-0.4, -0.2) is 36.2 Å². The van der Waals surface area contributed by atoms with Crippen LogP contribution in [0.3, 0.4) is 0 Å². The number of carboxylic acids is 1. The second-order valence-electron chi connectivity index (χ2n) is 4.29. The molecule has 0 bridgehead atoms. The lowest BCUT2D eigenvalue weighted by atomic mass is 10.0. The number of carboxylic acid groups (broad SMARTS) is 1. The van der Waals surface area contributed by atoms with E-state index in [0.717, 1.165) is 6.42 Å². The van der Waals surface area contributed by atoms with Gasteiger partial charge in [0, 0.05) is 13.2 Å². The van der Waals surface area contributed by atoms with Crippen molar-refractivity contribution in [2.75, 3.05) is 13.2 Å². The maximum Gasteiger partial charge on any atom is 0.306 e. The van der Waals surface area contributed by atoms with Gasteiger partial charge in [-0.3, -0.25) is 9.59 Å². The largest absolute Gasteiger partial charge is 0.481 e. The lowest BCUT2D eigenvalue weighted by Gasteiger charge is -2.14. The Morgan fingerprint density at radius 2 is 2.25 bits per heavy atom. The van der Waals surface area contributed by atoms with Crippen LogP contribution < -0.4 is 5.32 Å². The Morgan fingerprint density at radius 1 is 1.56 bits per heavy atom. The molecule has 1 saturated heterocycles. The molecule has 0 aromatic heterocycles. The van der Waals surface area contributed by atoms with Crippen molar-refractivity contribution < 1.29 is 19.4 Å². The summed E-state index contributed by atoms with van der Waals surface area (Å²) in [5, 5.41) is 11.4. The highest BCUT2D eigenvalue weighted by Gasteiger charge is 2.30. The molecule has 92 valence electrons. The third kappa shape index (κ3) is 3.48. The van der Waals surface area contributed by atoms with E-state index in [0.29, 0.717) is 19.6 Å². The van der Waals surface area contributed by atoms with Crippen LogP contribution in [0.1, 0.15) is 26.7 Å². The highest BCUT2D eigenvalue weighted by molar-refractivity contribution is 5.79. The zero-order valence-electron chi connectivity index (χ0n) is 9.73. The second kappa shape index (κ2) is 5.84. The molecule has 1 heterocycles. The Balaban J connectivity index is 2.22. The first kappa shape index (κ1) is 13.0. The highest BCUT2D eigenvalue weighted by Crippen LogP contribution is 2.20. The van der Waals surface area contributed by atoms with Crippen molar-refractivity contribution in [2.45, 2.75) is 32.8 Å². The standard InChI is InChI=1S/C11H19NO4/c1-7(11(14)15)3-5-12-10(13)9-4-6-16-8(9)2/h7-9H,3-6H2,1-2H3,(H,12,13)(H,14,15). The van der Waals surface area contributed by atoms with E-state index in [9.17, 15) is 9.59 Å². The average molecular weight is 229 g/mol. The zero-order valence-corrected chi connectivity index (χ0v) is 9.73. The molecule has 1 aliphatic rings. The fourth-order valence-electron chi connectivity index (χ4n) is 1.74. The monoisotopic (exact) mass is 229 g/mol. The average Bonchev–Trinajstić information content (AvgIpc) is 2.64. The molecule has 1 aliphatic heterocycles. The van der Waals surface area contributed by atoms with E-state index in [4.69, 9.17) is 9.84 Å². The van der Waals surface area contributed by atoms with E-state index in [2.05, 4.69) is 5.32 Å². The van der Waals surface area contributed by atoms with Crippen LogP contribution in [0.15, 0.2) is 0 Å². The summed E-state index contributed by atoms with van der Waals surface area (Å²) in [6, 6.07) is 0. The summed E-state index contributed by atoms with van der Waals surface area (Å²) in [5.41, 5.74) is 0. The van der Waals surface area contributed by atoms with Crippen molar-refractivity contribution in [3.8, 4) is 0 Å². The van der Waals surface area contributed by atoms with Gasteiger partial charge in [-0.05, 0) is 19.8 Å². The fourth-order valence-corrected chi connectivity index (χ4v) is 1.74. The molecule has 2 N–H and O–H groups in total. The maximum atomic E-state index is 11.7. The van der Waals surface area contributed by atoms with Gasteiger partial charge in [-0.15, -0.1) is 0 Å². The predicted molar refractivity (Wildman–Crippen MR) is 57.9 cm³/mol. The molecule has 0 aliphatic carbocycles. The van der Waals surface area contributed by atoms with Crippen molar-refractivity contribution in [3.63, 3.8) is 0 Å². The lowest BCUT2D eigenvalue weighted by molar-refractivity contribution is -0.141. The molecule has 1 rings (SSSR count). The van der Waals surface area contributed by atoms with E-state index < -0.39 is 11.9 Å².